The maximum absolute atomic E-state index is 11.8. The van der Waals surface area contributed by atoms with Gasteiger partial charge in [0.15, 0.2) is 0 Å². The van der Waals surface area contributed by atoms with E-state index in [0.717, 1.165) is 6.54 Å². The second-order valence-corrected chi connectivity index (χ2v) is 4.14. The predicted molar refractivity (Wildman–Crippen MR) is 51.8 cm³/mol. The van der Waals surface area contributed by atoms with Crippen LogP contribution in [-0.2, 0) is 4.79 Å². The molecule has 0 spiro atoms. The van der Waals surface area contributed by atoms with E-state index >= 15 is 0 Å². The van der Waals surface area contributed by atoms with Crippen LogP contribution in [0.5, 0.6) is 0 Å². The summed E-state index contributed by atoms with van der Waals surface area (Å²) in [5.41, 5.74) is -0.562. The first-order valence-corrected chi connectivity index (χ1v) is 4.80. The van der Waals surface area contributed by atoms with E-state index in [4.69, 9.17) is 5.11 Å². The minimum atomic E-state index is -0.840. The fourth-order valence-corrected chi connectivity index (χ4v) is 1.56. The number of aliphatic hydroxyl groups excluding tert-OH is 2. The van der Waals surface area contributed by atoms with E-state index in [9.17, 15) is 9.90 Å². The first-order chi connectivity index (χ1) is 6.47. The number of aliphatic hydroxyl groups is 2. The van der Waals surface area contributed by atoms with Crippen molar-refractivity contribution < 1.29 is 15.0 Å². The van der Waals surface area contributed by atoms with Crippen LogP contribution in [0.2, 0.25) is 0 Å². The molecule has 0 bridgehead atoms. The zero-order chi connectivity index (χ0) is 10.8. The number of hydrogen-bond donors (Lipinski definition) is 3. The smallest absolute Gasteiger partial charge is 0.242 e. The van der Waals surface area contributed by atoms with Crippen molar-refractivity contribution >= 4 is 5.91 Å². The summed E-state index contributed by atoms with van der Waals surface area (Å²) in [7, 11) is 0. The van der Waals surface area contributed by atoms with Gasteiger partial charge < -0.3 is 20.4 Å². The summed E-state index contributed by atoms with van der Waals surface area (Å²) in [6.45, 7) is 4.83. The maximum atomic E-state index is 11.8. The zero-order valence-corrected chi connectivity index (χ0v) is 8.66. The van der Waals surface area contributed by atoms with Crippen molar-refractivity contribution in [2.75, 3.05) is 26.2 Å². The monoisotopic (exact) mass is 202 g/mol. The summed E-state index contributed by atoms with van der Waals surface area (Å²) in [6, 6.07) is 0. The molecule has 1 saturated heterocycles. The Morgan fingerprint density at radius 1 is 1.64 bits per heavy atom. The van der Waals surface area contributed by atoms with Crippen LogP contribution in [0.1, 0.15) is 13.8 Å². The maximum Gasteiger partial charge on any atom is 0.242 e. The fraction of sp³-hybridized carbons (Fsp3) is 0.889. The van der Waals surface area contributed by atoms with E-state index in [1.807, 2.05) is 13.8 Å². The highest BCUT2D eigenvalue weighted by Gasteiger charge is 2.35. The van der Waals surface area contributed by atoms with Gasteiger partial charge in [0.2, 0.25) is 5.91 Å². The third-order valence-corrected chi connectivity index (χ3v) is 2.41. The highest BCUT2D eigenvalue weighted by Crippen LogP contribution is 2.12. The molecule has 1 heterocycles. The average Bonchev–Trinajstić information content (AvgIpc) is 2.12. The van der Waals surface area contributed by atoms with Gasteiger partial charge in [-0.15, -0.1) is 0 Å². The normalized spacial score (nSPS) is 23.7. The minimum absolute atomic E-state index is 0.0312. The molecule has 1 aliphatic heterocycles. The van der Waals surface area contributed by atoms with E-state index in [-0.39, 0.29) is 19.1 Å². The zero-order valence-electron chi connectivity index (χ0n) is 8.66. The van der Waals surface area contributed by atoms with E-state index < -0.39 is 11.6 Å². The van der Waals surface area contributed by atoms with Crippen molar-refractivity contribution in [1.82, 2.24) is 10.2 Å². The summed E-state index contributed by atoms with van der Waals surface area (Å²) < 4.78 is 0. The van der Waals surface area contributed by atoms with Crippen molar-refractivity contribution in [3.8, 4) is 0 Å². The summed E-state index contributed by atoms with van der Waals surface area (Å²) >= 11 is 0. The molecule has 1 fully saturated rings. The molecule has 82 valence electrons. The van der Waals surface area contributed by atoms with Gasteiger partial charge in [-0.2, -0.15) is 0 Å². The SMILES string of the molecule is CC1(C)NCCN(CC(O)CO)C1=O. The Labute approximate surface area is 83.7 Å². The molecule has 5 heteroatoms. The number of amides is 1. The fourth-order valence-electron chi connectivity index (χ4n) is 1.56. The Balaban J connectivity index is 2.57. The highest BCUT2D eigenvalue weighted by molar-refractivity contribution is 5.86. The summed E-state index contributed by atoms with van der Waals surface area (Å²) in [5, 5.41) is 21.0. The van der Waals surface area contributed by atoms with Gasteiger partial charge in [-0.1, -0.05) is 0 Å². The van der Waals surface area contributed by atoms with E-state index in [2.05, 4.69) is 5.32 Å². The number of carbonyl (C=O) groups excluding carboxylic acids is 1. The lowest BCUT2D eigenvalue weighted by atomic mass is 10.0. The van der Waals surface area contributed by atoms with E-state index in [1.54, 1.807) is 4.90 Å². The highest BCUT2D eigenvalue weighted by atomic mass is 16.3. The Morgan fingerprint density at radius 3 is 2.86 bits per heavy atom. The number of nitrogens with one attached hydrogen (secondary N) is 1. The molecular weight excluding hydrogens is 184 g/mol. The Hall–Kier alpha value is -0.650. The van der Waals surface area contributed by atoms with Gasteiger partial charge >= 0.3 is 0 Å². The lowest BCUT2D eigenvalue weighted by molar-refractivity contribution is -0.141. The Bertz CT molecular complexity index is 218. The molecule has 0 radical (unpaired) electrons. The van der Waals surface area contributed by atoms with Crippen LogP contribution in [-0.4, -0.2) is 58.9 Å². The van der Waals surface area contributed by atoms with Gasteiger partial charge in [0.05, 0.1) is 18.2 Å². The molecule has 14 heavy (non-hydrogen) atoms. The second-order valence-electron chi connectivity index (χ2n) is 4.14. The lowest BCUT2D eigenvalue weighted by Gasteiger charge is -2.38. The van der Waals surface area contributed by atoms with E-state index in [1.165, 1.54) is 0 Å². The van der Waals surface area contributed by atoms with Crippen LogP contribution in [0.4, 0.5) is 0 Å². The molecule has 0 aromatic rings. The quantitative estimate of drug-likeness (QED) is 0.523. The van der Waals surface area contributed by atoms with Crippen LogP contribution in [0.25, 0.3) is 0 Å². The number of nitrogens with zero attached hydrogens (tertiary/aromatic N) is 1. The van der Waals surface area contributed by atoms with Gasteiger partial charge in [0.25, 0.3) is 0 Å². The third kappa shape index (κ3) is 2.43. The second kappa shape index (κ2) is 4.25. The minimum Gasteiger partial charge on any atom is -0.394 e. The molecule has 1 amide bonds. The van der Waals surface area contributed by atoms with Crippen molar-refractivity contribution in [3.05, 3.63) is 0 Å². The van der Waals surface area contributed by atoms with Crippen molar-refractivity contribution in [1.29, 1.82) is 0 Å². The molecule has 1 aliphatic rings. The molecular formula is C9H18N2O3. The van der Waals surface area contributed by atoms with Gasteiger partial charge in [-0.05, 0) is 13.8 Å². The summed E-state index contributed by atoms with van der Waals surface area (Å²) in [5.74, 6) is -0.0312. The standard InChI is InChI=1S/C9H18N2O3/c1-9(2)8(14)11(4-3-10-9)5-7(13)6-12/h7,10,12-13H,3-6H2,1-2H3. The van der Waals surface area contributed by atoms with Crippen molar-refractivity contribution in [3.63, 3.8) is 0 Å². The van der Waals surface area contributed by atoms with Crippen LogP contribution in [0.15, 0.2) is 0 Å². The number of carbonyl (C=O) groups is 1. The van der Waals surface area contributed by atoms with Crippen LogP contribution < -0.4 is 5.32 Å². The van der Waals surface area contributed by atoms with Gasteiger partial charge in [-0.25, -0.2) is 0 Å². The molecule has 0 aromatic carbocycles. The average molecular weight is 202 g/mol. The van der Waals surface area contributed by atoms with Crippen molar-refractivity contribution in [2.45, 2.75) is 25.5 Å². The predicted octanol–water partition coefficient (Wildman–Crippen LogP) is -1.45. The van der Waals surface area contributed by atoms with Crippen LogP contribution in [0.3, 0.4) is 0 Å². The van der Waals surface area contributed by atoms with Crippen molar-refractivity contribution in [2.24, 2.45) is 0 Å². The molecule has 0 aromatic heterocycles. The molecule has 1 unspecified atom stereocenters. The number of piperazine rings is 1. The topological polar surface area (TPSA) is 72.8 Å². The first-order valence-electron chi connectivity index (χ1n) is 4.80. The molecule has 0 aliphatic carbocycles. The number of hydrogen-bond acceptors (Lipinski definition) is 4. The van der Waals surface area contributed by atoms with Gasteiger partial charge in [0.1, 0.15) is 0 Å². The number of rotatable bonds is 3. The third-order valence-electron chi connectivity index (χ3n) is 2.41. The molecule has 0 saturated carbocycles. The first kappa shape index (κ1) is 11.4. The Morgan fingerprint density at radius 2 is 2.29 bits per heavy atom. The number of β-amino-alcohol motifs (C(OH)–C–C–N with tert-alkyl or cyclic N) is 1. The van der Waals surface area contributed by atoms with Gasteiger partial charge in [-0.3, -0.25) is 4.79 Å². The summed E-state index contributed by atoms with van der Waals surface area (Å²) in [4.78, 5) is 13.3. The van der Waals surface area contributed by atoms with E-state index in [0.29, 0.717) is 6.54 Å². The van der Waals surface area contributed by atoms with Gasteiger partial charge in [0, 0.05) is 19.6 Å². The molecule has 1 rings (SSSR count). The Kier molecular flexibility index (Phi) is 3.47. The molecule has 3 N–H and O–H groups in total. The van der Waals surface area contributed by atoms with Crippen LogP contribution in [0, 0.1) is 0 Å². The lowest BCUT2D eigenvalue weighted by Crippen LogP contribution is -2.62. The largest absolute Gasteiger partial charge is 0.394 e. The molecule has 5 nitrogen and oxygen atoms in total. The summed E-state index contributed by atoms with van der Waals surface area (Å²) in [6.07, 6.45) is -0.840. The molecule has 1 atom stereocenters. The van der Waals surface area contributed by atoms with Crippen LogP contribution >= 0.6 is 0 Å².